The van der Waals surface area contributed by atoms with Crippen LogP contribution >= 0.6 is 0 Å². The highest BCUT2D eigenvalue weighted by Crippen LogP contribution is 2.35. The lowest BCUT2D eigenvalue weighted by molar-refractivity contribution is 0.0559. The third-order valence-electron chi connectivity index (χ3n) is 4.22. The summed E-state index contributed by atoms with van der Waals surface area (Å²) < 4.78 is 0. The summed E-state index contributed by atoms with van der Waals surface area (Å²) >= 11 is 0. The smallest absolute Gasteiger partial charge is 0.0543 e. The van der Waals surface area contributed by atoms with Crippen LogP contribution < -0.4 is 5.32 Å². The summed E-state index contributed by atoms with van der Waals surface area (Å²) in [6.07, 6.45) is 3.15. The Balaban J connectivity index is 1.96. The van der Waals surface area contributed by atoms with Crippen molar-refractivity contribution in [1.82, 2.24) is 15.2 Å². The van der Waals surface area contributed by atoms with Crippen LogP contribution in [0.2, 0.25) is 0 Å². The van der Waals surface area contributed by atoms with Crippen LogP contribution in [0.3, 0.4) is 0 Å². The molecule has 1 aliphatic rings. The molecule has 100 valence electrons. The zero-order valence-corrected chi connectivity index (χ0v) is 11.8. The van der Waals surface area contributed by atoms with Gasteiger partial charge >= 0.3 is 0 Å². The van der Waals surface area contributed by atoms with Gasteiger partial charge in [-0.3, -0.25) is 9.88 Å². The maximum atomic E-state index is 4.42. The van der Waals surface area contributed by atoms with Gasteiger partial charge in [-0.25, -0.2) is 0 Å². The Kier molecular flexibility index (Phi) is 4.36. The summed E-state index contributed by atoms with van der Waals surface area (Å²) in [6.45, 7) is 9.23. The van der Waals surface area contributed by atoms with Gasteiger partial charge < -0.3 is 5.32 Å². The first-order valence-electron chi connectivity index (χ1n) is 6.88. The van der Waals surface area contributed by atoms with Crippen molar-refractivity contribution in [2.24, 2.45) is 11.3 Å². The van der Waals surface area contributed by atoms with Gasteiger partial charge in [0.1, 0.15) is 0 Å². The van der Waals surface area contributed by atoms with Crippen LogP contribution in [0.15, 0.2) is 24.4 Å². The van der Waals surface area contributed by atoms with Crippen molar-refractivity contribution in [1.29, 1.82) is 0 Å². The number of aromatic nitrogens is 1. The number of hydrogen-bond acceptors (Lipinski definition) is 3. The third kappa shape index (κ3) is 3.30. The average molecular weight is 247 g/mol. The van der Waals surface area contributed by atoms with E-state index in [4.69, 9.17) is 0 Å². The largest absolute Gasteiger partial charge is 0.319 e. The molecule has 0 aromatic carbocycles. The lowest BCUT2D eigenvalue weighted by Gasteiger charge is -2.44. The van der Waals surface area contributed by atoms with Crippen molar-refractivity contribution < 1.29 is 0 Å². The molecule has 0 amide bonds. The molecule has 1 N–H and O–H groups in total. The van der Waals surface area contributed by atoms with Gasteiger partial charge in [0.05, 0.1) is 5.69 Å². The molecule has 0 radical (unpaired) electrons. The fourth-order valence-corrected chi connectivity index (χ4v) is 2.75. The molecule has 1 aliphatic heterocycles. The zero-order valence-electron chi connectivity index (χ0n) is 11.8. The Morgan fingerprint density at radius 3 is 2.94 bits per heavy atom. The van der Waals surface area contributed by atoms with Gasteiger partial charge in [0.2, 0.25) is 0 Å². The van der Waals surface area contributed by atoms with E-state index in [0.717, 1.165) is 19.0 Å². The number of pyridine rings is 1. The molecular formula is C15H25N3. The Labute approximate surface area is 111 Å². The molecule has 1 fully saturated rings. The minimum absolute atomic E-state index is 0.448. The predicted octanol–water partition coefficient (Wildman–Crippen LogP) is 2.15. The van der Waals surface area contributed by atoms with E-state index >= 15 is 0 Å². The number of likely N-dealkylation sites (tertiary alicyclic amines) is 1. The van der Waals surface area contributed by atoms with Crippen molar-refractivity contribution in [3.8, 4) is 0 Å². The number of hydrogen-bond donors (Lipinski definition) is 1. The molecule has 3 heteroatoms. The monoisotopic (exact) mass is 247 g/mol. The number of nitrogens with zero attached hydrogens (tertiary/aromatic N) is 2. The molecule has 0 bridgehead atoms. The van der Waals surface area contributed by atoms with Crippen molar-refractivity contribution in [2.75, 3.05) is 26.7 Å². The fraction of sp³-hybridized carbons (Fsp3) is 0.667. The standard InChI is InChI=1S/C15H25N3/c1-15(2)7-9-18(11-13(15)10-16-3)12-14-6-4-5-8-17-14/h4-6,8,13,16H,7,9-12H2,1-3H3. The quantitative estimate of drug-likeness (QED) is 0.883. The molecule has 1 saturated heterocycles. The van der Waals surface area contributed by atoms with E-state index in [0.29, 0.717) is 5.41 Å². The van der Waals surface area contributed by atoms with Gasteiger partial charge in [-0.1, -0.05) is 19.9 Å². The van der Waals surface area contributed by atoms with Crippen molar-refractivity contribution in [3.05, 3.63) is 30.1 Å². The molecular weight excluding hydrogens is 222 g/mol. The Hall–Kier alpha value is -0.930. The second-order valence-corrected chi connectivity index (χ2v) is 6.05. The maximum Gasteiger partial charge on any atom is 0.0543 e. The Morgan fingerprint density at radius 1 is 1.44 bits per heavy atom. The van der Waals surface area contributed by atoms with E-state index in [2.05, 4.69) is 41.2 Å². The third-order valence-corrected chi connectivity index (χ3v) is 4.22. The summed E-state index contributed by atoms with van der Waals surface area (Å²) in [4.78, 5) is 6.96. The molecule has 1 unspecified atom stereocenters. The first kappa shape index (κ1) is 13.5. The number of piperidine rings is 1. The van der Waals surface area contributed by atoms with Crippen molar-refractivity contribution in [2.45, 2.75) is 26.8 Å². The first-order chi connectivity index (χ1) is 8.62. The maximum absolute atomic E-state index is 4.42. The van der Waals surface area contributed by atoms with Gasteiger partial charge in [0, 0.05) is 19.3 Å². The van der Waals surface area contributed by atoms with E-state index in [1.807, 2.05) is 19.3 Å². The summed E-state index contributed by atoms with van der Waals surface area (Å²) in [5, 5.41) is 3.34. The normalized spacial score (nSPS) is 24.1. The van der Waals surface area contributed by atoms with Crippen LogP contribution in [-0.4, -0.2) is 36.6 Å². The molecule has 3 nitrogen and oxygen atoms in total. The van der Waals surface area contributed by atoms with Gasteiger partial charge in [0.15, 0.2) is 0 Å². The average Bonchev–Trinajstić information content (AvgIpc) is 2.35. The molecule has 0 spiro atoms. The highest BCUT2D eigenvalue weighted by molar-refractivity contribution is 5.04. The Morgan fingerprint density at radius 2 is 2.28 bits per heavy atom. The van der Waals surface area contributed by atoms with Gasteiger partial charge in [-0.2, -0.15) is 0 Å². The molecule has 2 heterocycles. The highest BCUT2D eigenvalue weighted by atomic mass is 15.1. The van der Waals surface area contributed by atoms with E-state index in [1.54, 1.807) is 0 Å². The van der Waals surface area contributed by atoms with Crippen molar-refractivity contribution >= 4 is 0 Å². The van der Waals surface area contributed by atoms with Gasteiger partial charge in [0.25, 0.3) is 0 Å². The predicted molar refractivity (Wildman–Crippen MR) is 75.3 cm³/mol. The van der Waals surface area contributed by atoms with E-state index in [-0.39, 0.29) is 0 Å². The molecule has 18 heavy (non-hydrogen) atoms. The molecule has 2 rings (SSSR count). The lowest BCUT2D eigenvalue weighted by atomic mass is 9.73. The van der Waals surface area contributed by atoms with E-state index < -0.39 is 0 Å². The fourth-order valence-electron chi connectivity index (χ4n) is 2.75. The topological polar surface area (TPSA) is 28.2 Å². The van der Waals surface area contributed by atoms with Crippen LogP contribution in [0.5, 0.6) is 0 Å². The molecule has 0 saturated carbocycles. The summed E-state index contributed by atoms with van der Waals surface area (Å²) in [7, 11) is 2.05. The minimum atomic E-state index is 0.448. The molecule has 1 aromatic rings. The molecule has 0 aliphatic carbocycles. The van der Waals surface area contributed by atoms with Crippen LogP contribution in [0, 0.1) is 11.3 Å². The first-order valence-corrected chi connectivity index (χ1v) is 6.88. The summed E-state index contributed by atoms with van der Waals surface area (Å²) in [5.74, 6) is 0.722. The summed E-state index contributed by atoms with van der Waals surface area (Å²) in [5.41, 5.74) is 1.63. The van der Waals surface area contributed by atoms with Crippen LogP contribution in [0.1, 0.15) is 26.0 Å². The second kappa shape index (κ2) is 5.81. The van der Waals surface area contributed by atoms with Gasteiger partial charge in [-0.05, 0) is 50.0 Å². The number of nitrogens with one attached hydrogen (secondary N) is 1. The van der Waals surface area contributed by atoms with Gasteiger partial charge in [-0.15, -0.1) is 0 Å². The molecule has 1 aromatic heterocycles. The zero-order chi connectivity index (χ0) is 13.0. The van der Waals surface area contributed by atoms with Crippen LogP contribution in [-0.2, 0) is 6.54 Å². The minimum Gasteiger partial charge on any atom is -0.319 e. The van der Waals surface area contributed by atoms with Crippen molar-refractivity contribution in [3.63, 3.8) is 0 Å². The SMILES string of the molecule is CNCC1CN(Cc2ccccn2)CCC1(C)C. The Bertz CT molecular complexity index is 361. The molecule has 1 atom stereocenters. The number of rotatable bonds is 4. The van der Waals surface area contributed by atoms with E-state index in [1.165, 1.54) is 25.2 Å². The lowest BCUT2D eigenvalue weighted by Crippen LogP contribution is -2.47. The van der Waals surface area contributed by atoms with Crippen LogP contribution in [0.4, 0.5) is 0 Å². The summed E-state index contributed by atoms with van der Waals surface area (Å²) in [6, 6.07) is 6.17. The second-order valence-electron chi connectivity index (χ2n) is 6.05. The van der Waals surface area contributed by atoms with Crippen LogP contribution in [0.25, 0.3) is 0 Å². The highest BCUT2D eigenvalue weighted by Gasteiger charge is 2.34. The van der Waals surface area contributed by atoms with E-state index in [9.17, 15) is 0 Å².